The van der Waals surface area contributed by atoms with Gasteiger partial charge in [0.2, 0.25) is 0 Å². The molecule has 2 aromatic rings. The van der Waals surface area contributed by atoms with Crippen LogP contribution in [0.15, 0.2) is 34.7 Å². The van der Waals surface area contributed by atoms with Crippen LogP contribution in [-0.4, -0.2) is 54.7 Å². The van der Waals surface area contributed by atoms with Gasteiger partial charge in [0.05, 0.1) is 9.90 Å². The van der Waals surface area contributed by atoms with Gasteiger partial charge in [-0.05, 0) is 24.3 Å². The number of thiophene rings is 1. The van der Waals surface area contributed by atoms with Gasteiger partial charge in [-0.2, -0.15) is 4.31 Å². The van der Waals surface area contributed by atoms with Crippen LogP contribution in [-0.2, 0) is 10.0 Å². The highest BCUT2D eigenvalue weighted by Gasteiger charge is 2.31. The van der Waals surface area contributed by atoms with Crippen molar-refractivity contribution in [1.29, 1.82) is 0 Å². The van der Waals surface area contributed by atoms with E-state index in [0.29, 0.717) is 23.0 Å². The monoisotopic (exact) mass is 405 g/mol. The van der Waals surface area contributed by atoms with Crippen molar-refractivity contribution in [3.8, 4) is 0 Å². The van der Waals surface area contributed by atoms with Crippen molar-refractivity contribution in [3.05, 3.63) is 45.5 Å². The molecule has 0 N–H and O–H groups in total. The topological polar surface area (TPSA) is 70.6 Å². The normalized spacial score (nSPS) is 16.3. The van der Waals surface area contributed by atoms with Crippen LogP contribution in [0.4, 0.5) is 0 Å². The predicted molar refractivity (Wildman–Crippen MR) is 93.2 cm³/mol. The number of pyridine rings is 1. The molecule has 2 aromatic heterocycles. The Bertz CT molecular complexity index is 862. The maximum atomic E-state index is 12.5. The first kappa shape index (κ1) is 17.6. The van der Waals surface area contributed by atoms with Crippen molar-refractivity contribution in [3.63, 3.8) is 0 Å². The van der Waals surface area contributed by atoms with Gasteiger partial charge in [0, 0.05) is 32.4 Å². The fraction of sp³-hybridized carbons (Fsp3) is 0.286. The highest BCUT2D eigenvalue weighted by Crippen LogP contribution is 2.28. The largest absolute Gasteiger partial charge is 0.336 e. The smallest absolute Gasteiger partial charge is 0.257 e. The average Bonchev–Trinajstić information content (AvgIpc) is 3.02. The summed E-state index contributed by atoms with van der Waals surface area (Å²) < 4.78 is 27.1. The Morgan fingerprint density at radius 3 is 2.42 bits per heavy atom. The Morgan fingerprint density at radius 2 is 1.83 bits per heavy atom. The Hall–Kier alpha value is -1.19. The SMILES string of the molecule is O=C(c1cccnc1Cl)N1CCN(S(=O)(=O)c2ccc(Cl)s2)CC1. The minimum atomic E-state index is -3.57. The highest BCUT2D eigenvalue weighted by atomic mass is 35.5. The summed E-state index contributed by atoms with van der Waals surface area (Å²) in [6.45, 7) is 1.04. The lowest BCUT2D eigenvalue weighted by Gasteiger charge is -2.33. The second-order valence-corrected chi connectivity index (χ2v) is 9.33. The number of carbonyl (C=O) groups excluding carboxylic acids is 1. The van der Waals surface area contributed by atoms with Gasteiger partial charge < -0.3 is 4.90 Å². The van der Waals surface area contributed by atoms with Crippen LogP contribution >= 0.6 is 34.5 Å². The van der Waals surface area contributed by atoms with Gasteiger partial charge in [0.1, 0.15) is 9.36 Å². The van der Waals surface area contributed by atoms with E-state index in [0.717, 1.165) is 11.3 Å². The molecule has 0 radical (unpaired) electrons. The zero-order valence-electron chi connectivity index (χ0n) is 12.4. The summed E-state index contributed by atoms with van der Waals surface area (Å²) in [5, 5.41) is 0.144. The Kier molecular flexibility index (Phi) is 5.12. The van der Waals surface area contributed by atoms with Gasteiger partial charge in [-0.3, -0.25) is 4.79 Å². The van der Waals surface area contributed by atoms with E-state index in [2.05, 4.69) is 4.98 Å². The summed E-state index contributed by atoms with van der Waals surface area (Å²) in [6, 6.07) is 6.30. The zero-order chi connectivity index (χ0) is 17.3. The molecule has 3 heterocycles. The fourth-order valence-corrected chi connectivity index (χ4v) is 5.67. The molecule has 0 saturated carbocycles. The minimum Gasteiger partial charge on any atom is -0.336 e. The third kappa shape index (κ3) is 3.43. The fourth-order valence-electron chi connectivity index (χ4n) is 2.41. The summed E-state index contributed by atoms with van der Waals surface area (Å²) >= 11 is 12.8. The number of sulfonamides is 1. The lowest BCUT2D eigenvalue weighted by atomic mass is 10.2. The van der Waals surface area contributed by atoms with E-state index in [-0.39, 0.29) is 28.4 Å². The van der Waals surface area contributed by atoms with Crippen molar-refractivity contribution in [1.82, 2.24) is 14.2 Å². The molecule has 10 heteroatoms. The predicted octanol–water partition coefficient (Wildman–Crippen LogP) is 2.60. The molecule has 0 aromatic carbocycles. The molecule has 128 valence electrons. The number of carbonyl (C=O) groups is 1. The number of nitrogens with zero attached hydrogens (tertiary/aromatic N) is 3. The van der Waals surface area contributed by atoms with Crippen molar-refractivity contribution >= 4 is 50.5 Å². The summed E-state index contributed by atoms with van der Waals surface area (Å²) in [4.78, 5) is 17.9. The van der Waals surface area contributed by atoms with Gasteiger partial charge in [-0.25, -0.2) is 13.4 Å². The van der Waals surface area contributed by atoms with E-state index < -0.39 is 10.0 Å². The first-order valence-corrected chi connectivity index (χ1v) is 10.1. The summed E-state index contributed by atoms with van der Waals surface area (Å²) in [7, 11) is -3.57. The van der Waals surface area contributed by atoms with Gasteiger partial charge in [0.15, 0.2) is 0 Å². The van der Waals surface area contributed by atoms with Gasteiger partial charge in [0.25, 0.3) is 15.9 Å². The molecule has 24 heavy (non-hydrogen) atoms. The number of hydrogen-bond acceptors (Lipinski definition) is 5. The van der Waals surface area contributed by atoms with Gasteiger partial charge >= 0.3 is 0 Å². The van der Waals surface area contributed by atoms with Crippen molar-refractivity contribution < 1.29 is 13.2 Å². The van der Waals surface area contributed by atoms with E-state index in [1.165, 1.54) is 16.6 Å². The number of piperazine rings is 1. The number of halogens is 2. The standard InChI is InChI=1S/C14H13Cl2N3O3S2/c15-11-3-4-12(23-11)24(21,22)19-8-6-18(7-9-19)14(20)10-2-1-5-17-13(10)16/h1-5H,6-9H2. The molecule has 6 nitrogen and oxygen atoms in total. The van der Waals surface area contributed by atoms with Crippen LogP contribution < -0.4 is 0 Å². The maximum absolute atomic E-state index is 12.5. The molecule has 0 atom stereocenters. The molecule has 1 aliphatic rings. The maximum Gasteiger partial charge on any atom is 0.257 e. The Morgan fingerprint density at radius 1 is 1.12 bits per heavy atom. The van der Waals surface area contributed by atoms with Gasteiger partial charge in [-0.15, -0.1) is 11.3 Å². The van der Waals surface area contributed by atoms with Crippen LogP contribution in [0.3, 0.4) is 0 Å². The number of aromatic nitrogens is 1. The van der Waals surface area contributed by atoms with Crippen LogP contribution in [0.5, 0.6) is 0 Å². The molecular weight excluding hydrogens is 393 g/mol. The quantitative estimate of drug-likeness (QED) is 0.735. The van der Waals surface area contributed by atoms with E-state index >= 15 is 0 Å². The Labute approximate surface area is 153 Å². The Balaban J connectivity index is 1.70. The first-order chi connectivity index (χ1) is 11.4. The van der Waals surface area contributed by atoms with Crippen LogP contribution in [0, 0.1) is 0 Å². The lowest BCUT2D eigenvalue weighted by molar-refractivity contribution is 0.0697. The second-order valence-electron chi connectivity index (χ2n) is 5.10. The van der Waals surface area contributed by atoms with Crippen molar-refractivity contribution in [2.75, 3.05) is 26.2 Å². The van der Waals surface area contributed by atoms with E-state index in [1.807, 2.05) is 0 Å². The summed E-state index contributed by atoms with van der Waals surface area (Å²) in [5.74, 6) is -0.246. The minimum absolute atomic E-state index is 0.144. The zero-order valence-corrected chi connectivity index (χ0v) is 15.5. The molecule has 0 bridgehead atoms. The first-order valence-electron chi connectivity index (χ1n) is 7.05. The number of rotatable bonds is 3. The van der Waals surface area contributed by atoms with Crippen molar-refractivity contribution in [2.24, 2.45) is 0 Å². The molecule has 1 amide bonds. The number of hydrogen-bond donors (Lipinski definition) is 0. The average molecular weight is 406 g/mol. The van der Waals surface area contributed by atoms with Crippen LogP contribution in [0.2, 0.25) is 9.49 Å². The molecule has 1 fully saturated rings. The number of amides is 1. The summed E-state index contributed by atoms with van der Waals surface area (Å²) in [6.07, 6.45) is 1.51. The molecule has 0 spiro atoms. The third-order valence-corrected chi connectivity index (χ3v) is 7.56. The molecule has 1 saturated heterocycles. The van der Waals surface area contributed by atoms with E-state index in [1.54, 1.807) is 23.1 Å². The highest BCUT2D eigenvalue weighted by molar-refractivity contribution is 7.91. The molecule has 0 aliphatic carbocycles. The van der Waals surface area contributed by atoms with Crippen molar-refractivity contribution in [2.45, 2.75) is 4.21 Å². The van der Waals surface area contributed by atoms with Crippen LogP contribution in [0.25, 0.3) is 0 Å². The lowest BCUT2D eigenvalue weighted by Crippen LogP contribution is -2.50. The third-order valence-electron chi connectivity index (χ3n) is 3.66. The second kappa shape index (κ2) is 6.97. The summed E-state index contributed by atoms with van der Waals surface area (Å²) in [5.41, 5.74) is 0.320. The van der Waals surface area contributed by atoms with Gasteiger partial charge in [-0.1, -0.05) is 23.2 Å². The molecule has 1 aliphatic heterocycles. The van der Waals surface area contributed by atoms with Crippen LogP contribution in [0.1, 0.15) is 10.4 Å². The molecular formula is C14H13Cl2N3O3S2. The molecule has 0 unspecified atom stereocenters. The van der Waals surface area contributed by atoms with E-state index in [9.17, 15) is 13.2 Å². The molecule has 3 rings (SSSR count). The van der Waals surface area contributed by atoms with E-state index in [4.69, 9.17) is 23.2 Å².